The maximum Gasteiger partial charge on any atom is 0.179 e. The third-order valence-corrected chi connectivity index (χ3v) is 2.35. The molecule has 1 fully saturated rings. The maximum atomic E-state index is 8.84. The van der Waals surface area contributed by atoms with Gasteiger partial charge in [-0.15, -0.1) is 0 Å². The fourth-order valence-electron chi connectivity index (χ4n) is 1.51. The smallest absolute Gasteiger partial charge is 0.179 e. The zero-order valence-electron chi connectivity index (χ0n) is 8.23. The summed E-state index contributed by atoms with van der Waals surface area (Å²) < 4.78 is 5.58. The number of aromatic amines is 1. The summed E-state index contributed by atoms with van der Waals surface area (Å²) in [5, 5.41) is 15.6. The van der Waals surface area contributed by atoms with Crippen LogP contribution in [0, 0.1) is 5.92 Å². The molecule has 14 heavy (non-hydrogen) atoms. The molecule has 1 aliphatic carbocycles. The average molecular weight is 197 g/mol. The summed E-state index contributed by atoms with van der Waals surface area (Å²) in [7, 11) is 0. The quantitative estimate of drug-likeness (QED) is 0.732. The lowest BCUT2D eigenvalue weighted by Gasteiger charge is -2.11. The number of nitrogens with zero attached hydrogens (tertiary/aromatic N) is 2. The van der Waals surface area contributed by atoms with Gasteiger partial charge in [0.2, 0.25) is 0 Å². The van der Waals surface area contributed by atoms with Gasteiger partial charge < -0.3 is 9.84 Å². The van der Waals surface area contributed by atoms with Crippen molar-refractivity contribution >= 4 is 0 Å². The van der Waals surface area contributed by atoms with Gasteiger partial charge in [-0.1, -0.05) is 0 Å². The van der Waals surface area contributed by atoms with Crippen molar-refractivity contribution in [1.82, 2.24) is 15.2 Å². The van der Waals surface area contributed by atoms with E-state index in [0.29, 0.717) is 24.2 Å². The molecule has 0 aliphatic heterocycles. The molecule has 0 spiro atoms. The second kappa shape index (κ2) is 4.06. The first kappa shape index (κ1) is 9.61. The van der Waals surface area contributed by atoms with E-state index < -0.39 is 0 Å². The molecule has 1 aliphatic rings. The predicted octanol–water partition coefficient (Wildman–Crippen LogP) is 0.785. The summed E-state index contributed by atoms with van der Waals surface area (Å²) in [6.07, 6.45) is 2.39. The number of aliphatic hydroxyl groups is 1. The number of rotatable bonds is 5. The number of nitrogens with one attached hydrogen (secondary N) is 1. The van der Waals surface area contributed by atoms with Gasteiger partial charge in [-0.3, -0.25) is 5.10 Å². The van der Waals surface area contributed by atoms with Gasteiger partial charge >= 0.3 is 0 Å². The van der Waals surface area contributed by atoms with Crippen molar-refractivity contribution in [1.29, 1.82) is 0 Å². The Labute approximate surface area is 82.5 Å². The Morgan fingerprint density at radius 1 is 1.64 bits per heavy atom. The van der Waals surface area contributed by atoms with Crippen LogP contribution in [0.2, 0.25) is 0 Å². The van der Waals surface area contributed by atoms with Crippen LogP contribution in [0.15, 0.2) is 0 Å². The Balaban J connectivity index is 2.08. The van der Waals surface area contributed by atoms with Crippen molar-refractivity contribution in [2.24, 2.45) is 5.92 Å². The van der Waals surface area contributed by atoms with E-state index >= 15 is 0 Å². The van der Waals surface area contributed by atoms with Crippen LogP contribution in [-0.2, 0) is 11.3 Å². The van der Waals surface area contributed by atoms with E-state index in [1.165, 1.54) is 12.8 Å². The first-order valence-electron chi connectivity index (χ1n) is 4.98. The number of ether oxygens (including phenoxy) is 1. The van der Waals surface area contributed by atoms with E-state index in [1.54, 1.807) is 0 Å². The average Bonchev–Trinajstić information content (AvgIpc) is 2.92. The van der Waals surface area contributed by atoms with Crippen molar-refractivity contribution in [3.63, 3.8) is 0 Å². The lowest BCUT2D eigenvalue weighted by Crippen LogP contribution is -2.08. The molecule has 2 rings (SSSR count). The number of H-pyrrole nitrogens is 1. The van der Waals surface area contributed by atoms with Crippen LogP contribution in [0.4, 0.5) is 0 Å². The highest BCUT2D eigenvalue weighted by Gasteiger charge is 2.35. The van der Waals surface area contributed by atoms with Crippen molar-refractivity contribution in [2.45, 2.75) is 32.5 Å². The van der Waals surface area contributed by atoms with Gasteiger partial charge in [0.25, 0.3) is 0 Å². The minimum atomic E-state index is -0.101. The van der Waals surface area contributed by atoms with Crippen LogP contribution < -0.4 is 0 Å². The summed E-state index contributed by atoms with van der Waals surface area (Å²) in [6, 6.07) is 0. The van der Waals surface area contributed by atoms with Crippen molar-refractivity contribution in [3.05, 3.63) is 11.6 Å². The minimum absolute atomic E-state index is 0.0107. The van der Waals surface area contributed by atoms with Crippen LogP contribution in [0.25, 0.3) is 0 Å². The molecule has 0 aromatic carbocycles. The molecule has 5 heteroatoms. The van der Waals surface area contributed by atoms with Crippen LogP contribution in [-0.4, -0.2) is 26.9 Å². The molecular weight excluding hydrogens is 182 g/mol. The second-order valence-electron chi connectivity index (χ2n) is 3.51. The third-order valence-electron chi connectivity index (χ3n) is 2.35. The molecule has 0 saturated heterocycles. The molecule has 2 N–H and O–H groups in total. The summed E-state index contributed by atoms with van der Waals surface area (Å²) in [5.74, 6) is 1.75. The molecule has 0 amide bonds. The van der Waals surface area contributed by atoms with Crippen LogP contribution >= 0.6 is 0 Å². The highest BCUT2D eigenvalue weighted by molar-refractivity contribution is 4.99. The van der Waals surface area contributed by atoms with Gasteiger partial charge in [-0.25, -0.2) is 4.98 Å². The monoisotopic (exact) mass is 197 g/mol. The largest absolute Gasteiger partial charge is 0.388 e. The number of hydrogen-bond acceptors (Lipinski definition) is 4. The molecule has 1 aromatic heterocycles. The van der Waals surface area contributed by atoms with Gasteiger partial charge in [0.05, 0.1) is 0 Å². The molecule has 1 atom stereocenters. The van der Waals surface area contributed by atoms with Crippen LogP contribution in [0.3, 0.4) is 0 Å². The maximum absolute atomic E-state index is 8.84. The Morgan fingerprint density at radius 2 is 2.43 bits per heavy atom. The Kier molecular flexibility index (Phi) is 2.79. The van der Waals surface area contributed by atoms with Gasteiger partial charge in [0.15, 0.2) is 5.82 Å². The van der Waals surface area contributed by atoms with E-state index in [0.717, 1.165) is 0 Å². The summed E-state index contributed by atoms with van der Waals surface area (Å²) in [5.41, 5.74) is 0. The second-order valence-corrected chi connectivity index (χ2v) is 3.51. The zero-order chi connectivity index (χ0) is 9.97. The molecule has 0 bridgehead atoms. The Hall–Kier alpha value is -0.940. The molecule has 1 saturated carbocycles. The van der Waals surface area contributed by atoms with E-state index in [9.17, 15) is 0 Å². The van der Waals surface area contributed by atoms with Gasteiger partial charge in [0.1, 0.15) is 18.5 Å². The molecule has 0 radical (unpaired) electrons. The van der Waals surface area contributed by atoms with Crippen molar-refractivity contribution < 1.29 is 9.84 Å². The van der Waals surface area contributed by atoms with Crippen LogP contribution in [0.5, 0.6) is 0 Å². The van der Waals surface area contributed by atoms with E-state index in [2.05, 4.69) is 15.2 Å². The van der Waals surface area contributed by atoms with E-state index in [4.69, 9.17) is 9.84 Å². The zero-order valence-corrected chi connectivity index (χ0v) is 8.23. The molecule has 78 valence electrons. The standard InChI is InChI=1S/C9H15N3O2/c1-2-14-8(6-3-4-6)9-10-7(5-13)11-12-9/h6,8,13H,2-5H2,1H3,(H,10,11,12). The number of hydrogen-bond donors (Lipinski definition) is 2. The molecule has 1 aromatic rings. The molecule has 5 nitrogen and oxygen atoms in total. The lowest BCUT2D eigenvalue weighted by atomic mass is 10.2. The third kappa shape index (κ3) is 1.93. The van der Waals surface area contributed by atoms with Crippen LogP contribution in [0.1, 0.15) is 37.5 Å². The first-order valence-corrected chi connectivity index (χ1v) is 4.98. The highest BCUT2D eigenvalue weighted by Crippen LogP contribution is 2.42. The lowest BCUT2D eigenvalue weighted by molar-refractivity contribution is 0.0402. The Bertz CT molecular complexity index is 296. The summed E-state index contributed by atoms with van der Waals surface area (Å²) >= 11 is 0. The van der Waals surface area contributed by atoms with E-state index in [-0.39, 0.29) is 12.7 Å². The SMILES string of the molecule is CCOC(c1n[nH]c(CO)n1)C1CC1. The molecule has 1 heterocycles. The predicted molar refractivity (Wildman–Crippen MR) is 49.4 cm³/mol. The summed E-state index contributed by atoms with van der Waals surface area (Å²) in [6.45, 7) is 2.54. The number of aliphatic hydroxyl groups excluding tert-OH is 1. The number of aromatic nitrogens is 3. The van der Waals surface area contributed by atoms with E-state index in [1.807, 2.05) is 6.92 Å². The molecular formula is C9H15N3O2. The first-order chi connectivity index (χ1) is 6.85. The van der Waals surface area contributed by atoms with Crippen molar-refractivity contribution in [3.8, 4) is 0 Å². The minimum Gasteiger partial charge on any atom is -0.388 e. The topological polar surface area (TPSA) is 71.0 Å². The normalized spacial score (nSPS) is 18.4. The van der Waals surface area contributed by atoms with Gasteiger partial charge in [0, 0.05) is 6.61 Å². The summed E-state index contributed by atoms with van der Waals surface area (Å²) in [4.78, 5) is 4.17. The Morgan fingerprint density at radius 3 is 2.93 bits per heavy atom. The fourth-order valence-corrected chi connectivity index (χ4v) is 1.51. The molecule has 1 unspecified atom stereocenters. The fraction of sp³-hybridized carbons (Fsp3) is 0.778. The highest BCUT2D eigenvalue weighted by atomic mass is 16.5. The van der Waals surface area contributed by atoms with Crippen molar-refractivity contribution in [2.75, 3.05) is 6.61 Å². The van der Waals surface area contributed by atoms with Gasteiger partial charge in [-0.05, 0) is 25.7 Å². The van der Waals surface area contributed by atoms with Gasteiger partial charge in [-0.2, -0.15) is 5.10 Å².